The van der Waals surface area contributed by atoms with Crippen molar-refractivity contribution in [2.45, 2.75) is 31.9 Å². The molecular formula is C16H23N3O. The largest absolute Gasteiger partial charge is 0.376 e. The van der Waals surface area contributed by atoms with Crippen LogP contribution in [0.4, 0.5) is 0 Å². The number of nitrogens with one attached hydrogen (secondary N) is 1. The van der Waals surface area contributed by atoms with E-state index in [9.17, 15) is 0 Å². The number of fused-ring (bicyclic) bond motifs is 1. The van der Waals surface area contributed by atoms with Gasteiger partial charge in [-0.1, -0.05) is 25.1 Å². The lowest BCUT2D eigenvalue weighted by atomic mass is 9.94. The van der Waals surface area contributed by atoms with Crippen LogP contribution in [0.1, 0.15) is 19.0 Å². The summed E-state index contributed by atoms with van der Waals surface area (Å²) in [7, 11) is 4.03. The van der Waals surface area contributed by atoms with Gasteiger partial charge >= 0.3 is 0 Å². The minimum atomic E-state index is 0.292. The van der Waals surface area contributed by atoms with Crippen molar-refractivity contribution in [1.29, 1.82) is 0 Å². The summed E-state index contributed by atoms with van der Waals surface area (Å²) in [5.41, 5.74) is 2.35. The third-order valence-corrected chi connectivity index (χ3v) is 4.46. The second kappa shape index (κ2) is 5.54. The summed E-state index contributed by atoms with van der Waals surface area (Å²) in [6.07, 6.45) is 2.36. The van der Waals surface area contributed by atoms with E-state index in [-0.39, 0.29) is 0 Å². The number of benzene rings is 1. The summed E-state index contributed by atoms with van der Waals surface area (Å²) in [6.45, 7) is 3.16. The Morgan fingerprint density at radius 1 is 1.45 bits per heavy atom. The molecule has 3 unspecified atom stereocenters. The van der Waals surface area contributed by atoms with E-state index in [1.807, 2.05) is 18.8 Å². The molecule has 0 bridgehead atoms. The molecule has 108 valence electrons. The van der Waals surface area contributed by atoms with Crippen LogP contribution in [0, 0.1) is 5.92 Å². The molecule has 3 rings (SSSR count). The molecule has 2 heterocycles. The molecule has 1 aromatic heterocycles. The first-order valence-corrected chi connectivity index (χ1v) is 7.40. The van der Waals surface area contributed by atoms with E-state index >= 15 is 0 Å². The molecule has 0 saturated carbocycles. The Balaban J connectivity index is 1.87. The van der Waals surface area contributed by atoms with Gasteiger partial charge in [0.15, 0.2) is 0 Å². The van der Waals surface area contributed by atoms with Crippen molar-refractivity contribution in [3.8, 4) is 0 Å². The number of hydrogen-bond donors (Lipinski definition) is 1. The zero-order valence-electron chi connectivity index (χ0n) is 12.5. The first-order chi connectivity index (χ1) is 9.70. The highest BCUT2D eigenvalue weighted by molar-refractivity contribution is 5.81. The Morgan fingerprint density at radius 3 is 2.95 bits per heavy atom. The molecule has 20 heavy (non-hydrogen) atoms. The minimum absolute atomic E-state index is 0.292. The summed E-state index contributed by atoms with van der Waals surface area (Å²) >= 11 is 0. The highest BCUT2D eigenvalue weighted by Crippen LogP contribution is 2.26. The van der Waals surface area contributed by atoms with Crippen LogP contribution in [-0.2, 0) is 18.2 Å². The van der Waals surface area contributed by atoms with Gasteiger partial charge in [-0.15, -0.1) is 0 Å². The third-order valence-electron chi connectivity index (χ3n) is 4.46. The van der Waals surface area contributed by atoms with Crippen molar-refractivity contribution in [3.63, 3.8) is 0 Å². The number of para-hydroxylation sites is 1. The van der Waals surface area contributed by atoms with Crippen LogP contribution < -0.4 is 5.32 Å². The summed E-state index contributed by atoms with van der Waals surface area (Å²) in [5, 5.41) is 9.37. The summed E-state index contributed by atoms with van der Waals surface area (Å²) in [4.78, 5) is 0. The number of hydrogen-bond acceptors (Lipinski definition) is 3. The van der Waals surface area contributed by atoms with Gasteiger partial charge in [0, 0.05) is 31.5 Å². The van der Waals surface area contributed by atoms with E-state index in [2.05, 4.69) is 36.5 Å². The molecule has 2 aromatic rings. The van der Waals surface area contributed by atoms with Crippen molar-refractivity contribution < 1.29 is 4.74 Å². The molecule has 4 nitrogen and oxygen atoms in total. The van der Waals surface area contributed by atoms with Gasteiger partial charge in [0.1, 0.15) is 0 Å². The van der Waals surface area contributed by atoms with Crippen LogP contribution in [-0.4, -0.2) is 35.6 Å². The van der Waals surface area contributed by atoms with Gasteiger partial charge in [-0.05, 0) is 25.5 Å². The average Bonchev–Trinajstić information content (AvgIpc) is 3.01. The lowest BCUT2D eigenvalue weighted by Gasteiger charge is -2.25. The van der Waals surface area contributed by atoms with Crippen LogP contribution >= 0.6 is 0 Å². The van der Waals surface area contributed by atoms with E-state index in [1.165, 1.54) is 10.9 Å². The first kappa shape index (κ1) is 13.6. The van der Waals surface area contributed by atoms with E-state index in [4.69, 9.17) is 9.84 Å². The van der Waals surface area contributed by atoms with Crippen LogP contribution in [0.2, 0.25) is 0 Å². The Bertz CT molecular complexity index is 592. The molecule has 1 fully saturated rings. The molecule has 1 aliphatic rings. The second-order valence-corrected chi connectivity index (χ2v) is 5.79. The fourth-order valence-electron chi connectivity index (χ4n) is 3.26. The van der Waals surface area contributed by atoms with Crippen LogP contribution in [0.3, 0.4) is 0 Å². The second-order valence-electron chi connectivity index (χ2n) is 5.79. The maximum atomic E-state index is 5.91. The normalized spacial score (nSPS) is 24.4. The monoisotopic (exact) mass is 273 g/mol. The van der Waals surface area contributed by atoms with Crippen LogP contribution in [0.5, 0.6) is 0 Å². The smallest absolute Gasteiger partial charge is 0.0758 e. The molecule has 0 aliphatic carbocycles. The van der Waals surface area contributed by atoms with Gasteiger partial charge in [0.2, 0.25) is 0 Å². The van der Waals surface area contributed by atoms with E-state index in [0.717, 1.165) is 25.1 Å². The standard InChI is InChI=1S/C16H23N3O/c1-11-8-9-20-16(11)14(17-2)10-13-12-6-4-5-7-15(12)19(3)18-13/h4-7,11,14,16-17H,8-10H2,1-3H3. The van der Waals surface area contributed by atoms with Gasteiger partial charge in [-0.2, -0.15) is 5.10 Å². The summed E-state index contributed by atoms with van der Waals surface area (Å²) in [5.74, 6) is 0.613. The molecule has 1 N–H and O–H groups in total. The molecular weight excluding hydrogens is 250 g/mol. The Kier molecular flexibility index (Phi) is 3.76. The lowest BCUT2D eigenvalue weighted by molar-refractivity contribution is 0.0631. The number of aryl methyl sites for hydroxylation is 1. The lowest BCUT2D eigenvalue weighted by Crippen LogP contribution is -2.42. The molecule has 4 heteroatoms. The molecule has 1 aliphatic heterocycles. The molecule has 1 saturated heterocycles. The topological polar surface area (TPSA) is 39.1 Å². The molecule has 0 radical (unpaired) electrons. The van der Waals surface area contributed by atoms with Crippen LogP contribution in [0.25, 0.3) is 10.9 Å². The first-order valence-electron chi connectivity index (χ1n) is 7.40. The van der Waals surface area contributed by atoms with Gasteiger partial charge in [0.05, 0.1) is 17.3 Å². The Labute approximate surface area is 120 Å². The Hall–Kier alpha value is -1.39. The fourth-order valence-corrected chi connectivity index (χ4v) is 3.26. The molecule has 0 amide bonds. The third kappa shape index (κ3) is 2.34. The van der Waals surface area contributed by atoms with Gasteiger partial charge in [0.25, 0.3) is 0 Å². The number of likely N-dealkylation sites (N-methyl/N-ethyl adjacent to an activating group) is 1. The van der Waals surface area contributed by atoms with Crippen molar-refractivity contribution in [1.82, 2.24) is 15.1 Å². The van der Waals surface area contributed by atoms with E-state index in [0.29, 0.717) is 18.1 Å². The molecule has 3 atom stereocenters. The van der Waals surface area contributed by atoms with Crippen molar-refractivity contribution in [3.05, 3.63) is 30.0 Å². The number of nitrogens with zero attached hydrogens (tertiary/aromatic N) is 2. The van der Waals surface area contributed by atoms with E-state index < -0.39 is 0 Å². The highest BCUT2D eigenvalue weighted by Gasteiger charge is 2.32. The van der Waals surface area contributed by atoms with Gasteiger partial charge in [-0.3, -0.25) is 4.68 Å². The SMILES string of the molecule is CNC(Cc1nn(C)c2ccccc12)C1OCCC1C. The number of aromatic nitrogens is 2. The maximum Gasteiger partial charge on any atom is 0.0758 e. The number of rotatable bonds is 4. The maximum absolute atomic E-state index is 5.91. The quantitative estimate of drug-likeness (QED) is 0.927. The van der Waals surface area contributed by atoms with Gasteiger partial charge in [-0.25, -0.2) is 0 Å². The summed E-state index contributed by atoms with van der Waals surface area (Å²) in [6, 6.07) is 8.74. The van der Waals surface area contributed by atoms with E-state index in [1.54, 1.807) is 0 Å². The average molecular weight is 273 g/mol. The Morgan fingerprint density at radius 2 is 2.25 bits per heavy atom. The molecule has 0 spiro atoms. The van der Waals surface area contributed by atoms with Gasteiger partial charge < -0.3 is 10.1 Å². The minimum Gasteiger partial charge on any atom is -0.376 e. The van der Waals surface area contributed by atoms with Crippen molar-refractivity contribution in [2.75, 3.05) is 13.7 Å². The molecule has 1 aromatic carbocycles. The summed E-state index contributed by atoms with van der Waals surface area (Å²) < 4.78 is 7.88. The fraction of sp³-hybridized carbons (Fsp3) is 0.562. The highest BCUT2D eigenvalue weighted by atomic mass is 16.5. The van der Waals surface area contributed by atoms with Crippen molar-refractivity contribution >= 4 is 10.9 Å². The number of ether oxygens (including phenoxy) is 1. The zero-order valence-corrected chi connectivity index (χ0v) is 12.5. The predicted octanol–water partition coefficient (Wildman–Crippen LogP) is 2.13. The zero-order chi connectivity index (χ0) is 14.1. The predicted molar refractivity (Wildman–Crippen MR) is 80.8 cm³/mol. The van der Waals surface area contributed by atoms with Crippen molar-refractivity contribution in [2.24, 2.45) is 13.0 Å². The van der Waals surface area contributed by atoms with Crippen LogP contribution in [0.15, 0.2) is 24.3 Å².